The van der Waals surface area contributed by atoms with Crippen molar-refractivity contribution in [2.75, 3.05) is 33.2 Å². The maximum absolute atomic E-state index is 11.8. The van der Waals surface area contributed by atoms with Crippen LogP contribution in [-0.4, -0.2) is 38.3 Å². The van der Waals surface area contributed by atoms with Crippen molar-refractivity contribution in [2.45, 2.75) is 0 Å². The van der Waals surface area contributed by atoms with Gasteiger partial charge in [-0.05, 0) is 0 Å². The Morgan fingerprint density at radius 3 is 2.33 bits per heavy atom. The van der Waals surface area contributed by atoms with E-state index in [1.54, 1.807) is 45.3 Å². The minimum absolute atomic E-state index is 0.236. The first-order valence-electron chi connectivity index (χ1n) is 5.40. The van der Waals surface area contributed by atoms with Gasteiger partial charge in [0.25, 0.3) is 5.56 Å². The van der Waals surface area contributed by atoms with E-state index < -0.39 is 0 Å². The molecule has 0 aliphatic rings. The molecular formula is C12H15N3O3. The lowest BCUT2D eigenvalue weighted by molar-refractivity contribution is 0.355. The van der Waals surface area contributed by atoms with Crippen LogP contribution in [0, 0.1) is 0 Å². The van der Waals surface area contributed by atoms with Gasteiger partial charge in [-0.25, -0.2) is 4.98 Å². The fourth-order valence-corrected chi connectivity index (χ4v) is 1.71. The van der Waals surface area contributed by atoms with E-state index in [0.29, 0.717) is 28.4 Å². The first-order chi connectivity index (χ1) is 8.56. The zero-order chi connectivity index (χ0) is 13.3. The summed E-state index contributed by atoms with van der Waals surface area (Å²) in [5.74, 6) is 1.49. The van der Waals surface area contributed by atoms with Gasteiger partial charge >= 0.3 is 0 Å². The number of H-pyrrole nitrogens is 1. The van der Waals surface area contributed by atoms with Crippen LogP contribution in [0.25, 0.3) is 11.0 Å². The Hall–Kier alpha value is -2.24. The number of benzene rings is 1. The van der Waals surface area contributed by atoms with Crippen molar-refractivity contribution in [2.24, 2.45) is 0 Å². The van der Waals surface area contributed by atoms with Crippen LogP contribution in [0.1, 0.15) is 0 Å². The Morgan fingerprint density at radius 2 is 1.78 bits per heavy atom. The van der Waals surface area contributed by atoms with Gasteiger partial charge in [0.15, 0.2) is 17.3 Å². The number of nitrogens with zero attached hydrogens (tertiary/aromatic N) is 2. The smallest absolute Gasteiger partial charge is 0.291 e. The van der Waals surface area contributed by atoms with E-state index in [4.69, 9.17) is 9.47 Å². The van der Waals surface area contributed by atoms with Crippen molar-refractivity contribution in [3.63, 3.8) is 0 Å². The molecule has 0 fully saturated rings. The number of aromatic nitrogens is 2. The molecule has 6 nitrogen and oxygen atoms in total. The molecule has 1 aromatic heterocycles. The molecule has 96 valence electrons. The molecule has 0 radical (unpaired) electrons. The topological polar surface area (TPSA) is 67.5 Å². The molecule has 0 bridgehead atoms. The lowest BCUT2D eigenvalue weighted by Crippen LogP contribution is -2.22. The summed E-state index contributed by atoms with van der Waals surface area (Å²) in [6, 6.07) is 3.43. The molecule has 0 spiro atoms. The minimum Gasteiger partial charge on any atom is -0.493 e. The molecule has 1 aromatic carbocycles. The fourth-order valence-electron chi connectivity index (χ4n) is 1.71. The summed E-state index contributed by atoms with van der Waals surface area (Å²) in [4.78, 5) is 20.5. The van der Waals surface area contributed by atoms with Gasteiger partial charge < -0.3 is 19.4 Å². The van der Waals surface area contributed by atoms with Gasteiger partial charge in [0.2, 0.25) is 0 Å². The van der Waals surface area contributed by atoms with Gasteiger partial charge in [-0.15, -0.1) is 0 Å². The Balaban J connectivity index is 2.74. The van der Waals surface area contributed by atoms with Crippen LogP contribution in [0.15, 0.2) is 16.9 Å². The molecule has 6 heteroatoms. The van der Waals surface area contributed by atoms with Gasteiger partial charge in [-0.1, -0.05) is 0 Å². The van der Waals surface area contributed by atoms with E-state index in [2.05, 4.69) is 9.97 Å². The summed E-state index contributed by atoms with van der Waals surface area (Å²) in [6.07, 6.45) is 0. The molecule has 18 heavy (non-hydrogen) atoms. The number of aromatic amines is 1. The molecule has 0 aliphatic heterocycles. The molecule has 2 aromatic rings. The predicted molar refractivity (Wildman–Crippen MR) is 69.8 cm³/mol. The highest BCUT2D eigenvalue weighted by atomic mass is 16.5. The average molecular weight is 249 g/mol. The van der Waals surface area contributed by atoms with Crippen molar-refractivity contribution in [3.05, 3.63) is 22.5 Å². The lowest BCUT2D eigenvalue weighted by Gasteiger charge is -2.12. The third-order valence-corrected chi connectivity index (χ3v) is 2.60. The number of fused-ring (bicyclic) bond motifs is 1. The Kier molecular flexibility index (Phi) is 3.10. The van der Waals surface area contributed by atoms with Crippen LogP contribution < -0.4 is 19.9 Å². The quantitative estimate of drug-likeness (QED) is 0.879. The van der Waals surface area contributed by atoms with E-state index in [1.807, 2.05) is 0 Å². The maximum atomic E-state index is 11.8. The van der Waals surface area contributed by atoms with E-state index in [1.165, 1.54) is 0 Å². The summed E-state index contributed by atoms with van der Waals surface area (Å²) in [5, 5.41) is 0. The molecule has 0 unspecified atom stereocenters. The second kappa shape index (κ2) is 4.56. The predicted octanol–water partition coefficient (Wildman–Crippen LogP) is 1.01. The monoisotopic (exact) mass is 249 g/mol. The maximum Gasteiger partial charge on any atom is 0.291 e. The standard InChI is InChI=1S/C12H15N3O3/c1-15(2)11-12(16)14-8-6-10(18-4)9(17-3)5-7(8)13-11/h5-6H,1-4H3,(H,14,16). The fraction of sp³-hybridized carbons (Fsp3) is 0.333. The third-order valence-electron chi connectivity index (χ3n) is 2.60. The highest BCUT2D eigenvalue weighted by Crippen LogP contribution is 2.30. The SMILES string of the molecule is COc1cc2nc(N(C)C)c(=O)[nH]c2cc1OC. The zero-order valence-electron chi connectivity index (χ0n) is 10.8. The highest BCUT2D eigenvalue weighted by Gasteiger charge is 2.11. The summed E-state index contributed by atoms with van der Waals surface area (Å²) in [6.45, 7) is 0. The Morgan fingerprint density at radius 1 is 1.17 bits per heavy atom. The summed E-state index contributed by atoms with van der Waals surface area (Å²) >= 11 is 0. The van der Waals surface area contributed by atoms with Gasteiger partial charge in [0.1, 0.15) is 0 Å². The zero-order valence-corrected chi connectivity index (χ0v) is 10.8. The van der Waals surface area contributed by atoms with Gasteiger partial charge in [-0.2, -0.15) is 0 Å². The molecule has 2 rings (SSSR count). The number of anilines is 1. The third kappa shape index (κ3) is 1.97. The van der Waals surface area contributed by atoms with Crippen LogP contribution in [0.4, 0.5) is 5.82 Å². The van der Waals surface area contributed by atoms with Crippen molar-refractivity contribution < 1.29 is 9.47 Å². The van der Waals surface area contributed by atoms with Crippen molar-refractivity contribution in [1.82, 2.24) is 9.97 Å². The Bertz CT molecular complexity index is 634. The largest absolute Gasteiger partial charge is 0.493 e. The van der Waals surface area contributed by atoms with Crippen molar-refractivity contribution >= 4 is 16.9 Å². The Labute approximate surface area is 104 Å². The van der Waals surface area contributed by atoms with Gasteiger partial charge in [0, 0.05) is 26.2 Å². The molecule has 0 aliphatic carbocycles. The van der Waals surface area contributed by atoms with Gasteiger partial charge in [-0.3, -0.25) is 4.79 Å². The van der Waals surface area contributed by atoms with E-state index in [9.17, 15) is 4.79 Å². The second-order valence-corrected chi connectivity index (χ2v) is 4.01. The van der Waals surface area contributed by atoms with Gasteiger partial charge in [0.05, 0.1) is 25.3 Å². The number of rotatable bonds is 3. The molecule has 0 saturated heterocycles. The summed E-state index contributed by atoms with van der Waals surface area (Å²) < 4.78 is 10.4. The normalized spacial score (nSPS) is 10.4. The van der Waals surface area contributed by atoms with Crippen LogP contribution in [0.3, 0.4) is 0 Å². The summed E-state index contributed by atoms with van der Waals surface area (Å²) in [5.41, 5.74) is 1.03. The van der Waals surface area contributed by atoms with Crippen molar-refractivity contribution in [3.8, 4) is 11.5 Å². The first-order valence-corrected chi connectivity index (χ1v) is 5.40. The number of nitrogens with one attached hydrogen (secondary N) is 1. The number of methoxy groups -OCH3 is 2. The minimum atomic E-state index is -0.236. The van der Waals surface area contributed by atoms with Crippen molar-refractivity contribution in [1.29, 1.82) is 0 Å². The highest BCUT2D eigenvalue weighted by molar-refractivity contribution is 5.80. The van der Waals surface area contributed by atoms with E-state index in [0.717, 1.165) is 0 Å². The molecule has 1 N–H and O–H groups in total. The number of ether oxygens (including phenoxy) is 2. The van der Waals surface area contributed by atoms with E-state index >= 15 is 0 Å². The molecule has 0 saturated carbocycles. The second-order valence-electron chi connectivity index (χ2n) is 4.01. The van der Waals surface area contributed by atoms with E-state index in [-0.39, 0.29) is 5.56 Å². The summed E-state index contributed by atoms with van der Waals surface area (Å²) in [7, 11) is 6.64. The molecular weight excluding hydrogens is 234 g/mol. The molecule has 0 atom stereocenters. The average Bonchev–Trinajstić information content (AvgIpc) is 2.36. The molecule has 0 amide bonds. The van der Waals surface area contributed by atoms with Crippen LogP contribution in [0.2, 0.25) is 0 Å². The van der Waals surface area contributed by atoms with Crippen LogP contribution in [0.5, 0.6) is 11.5 Å². The number of hydrogen-bond donors (Lipinski definition) is 1. The first kappa shape index (κ1) is 12.2. The van der Waals surface area contributed by atoms with Crippen LogP contribution in [-0.2, 0) is 0 Å². The number of hydrogen-bond acceptors (Lipinski definition) is 5. The molecule has 1 heterocycles. The van der Waals surface area contributed by atoms with Crippen LogP contribution >= 0.6 is 0 Å². The lowest BCUT2D eigenvalue weighted by atomic mass is 10.2.